The summed E-state index contributed by atoms with van der Waals surface area (Å²) in [5.41, 5.74) is 0.333. The van der Waals surface area contributed by atoms with Crippen LogP contribution in [0.1, 0.15) is 35.7 Å². The first-order valence-electron chi connectivity index (χ1n) is 9.53. The maximum absolute atomic E-state index is 13.4. The second kappa shape index (κ2) is 7.92. The van der Waals surface area contributed by atoms with Crippen LogP contribution in [-0.4, -0.2) is 50.6 Å². The van der Waals surface area contributed by atoms with Gasteiger partial charge in [-0.25, -0.2) is 4.98 Å². The Morgan fingerprint density at radius 3 is 2.53 bits per heavy atom. The summed E-state index contributed by atoms with van der Waals surface area (Å²) in [5, 5.41) is 3.62. The summed E-state index contributed by atoms with van der Waals surface area (Å²) in [6.07, 6.45) is -2.14. The molecule has 0 unspecified atom stereocenters. The smallest absolute Gasteiger partial charge is 0.433 e. The van der Waals surface area contributed by atoms with Crippen LogP contribution in [0.15, 0.2) is 36.7 Å². The normalized spacial score (nSPS) is 15.5. The number of amides is 1. The second-order valence-corrected chi connectivity index (χ2v) is 7.22. The van der Waals surface area contributed by atoms with E-state index >= 15 is 0 Å². The number of alkyl halides is 3. The first kappa shape index (κ1) is 20.1. The van der Waals surface area contributed by atoms with Crippen LogP contribution in [0, 0.1) is 0 Å². The molecule has 30 heavy (non-hydrogen) atoms. The number of piperidine rings is 1. The van der Waals surface area contributed by atoms with Crippen molar-refractivity contribution in [3.63, 3.8) is 0 Å². The number of carbonyl (C=O) groups excluding carboxylic acids is 1. The summed E-state index contributed by atoms with van der Waals surface area (Å²) < 4.78 is 46.0. The second-order valence-electron chi connectivity index (χ2n) is 7.22. The Hall–Kier alpha value is -3.17. The predicted molar refractivity (Wildman–Crippen MR) is 101 cm³/mol. The summed E-state index contributed by atoms with van der Waals surface area (Å²) in [7, 11) is 1.58. The molecule has 0 atom stereocenters. The molecule has 2 aromatic heterocycles. The van der Waals surface area contributed by atoms with Gasteiger partial charge in [-0.15, -0.1) is 0 Å². The first-order chi connectivity index (χ1) is 14.3. The molecule has 1 aliphatic rings. The number of methoxy groups -OCH3 is 1. The number of hydrogen-bond acceptors (Lipinski definition) is 5. The lowest BCUT2D eigenvalue weighted by Crippen LogP contribution is -2.39. The van der Waals surface area contributed by atoms with Gasteiger partial charge in [0.05, 0.1) is 13.5 Å². The molecular weight excluding hydrogens is 399 g/mol. The average Bonchev–Trinajstić information content (AvgIpc) is 3.21. The van der Waals surface area contributed by atoms with E-state index in [-0.39, 0.29) is 24.0 Å². The van der Waals surface area contributed by atoms with Crippen molar-refractivity contribution in [2.75, 3.05) is 20.2 Å². The van der Waals surface area contributed by atoms with Gasteiger partial charge in [0.25, 0.3) is 5.78 Å². The van der Waals surface area contributed by atoms with Gasteiger partial charge in [-0.05, 0) is 36.6 Å². The van der Waals surface area contributed by atoms with Crippen molar-refractivity contribution in [1.29, 1.82) is 0 Å². The molecule has 1 aromatic carbocycles. The summed E-state index contributed by atoms with van der Waals surface area (Å²) in [5.74, 6) is 0.480. The van der Waals surface area contributed by atoms with E-state index in [4.69, 9.17) is 4.74 Å². The Morgan fingerprint density at radius 2 is 1.90 bits per heavy atom. The molecule has 0 spiro atoms. The van der Waals surface area contributed by atoms with Crippen molar-refractivity contribution in [3.05, 3.63) is 53.6 Å². The summed E-state index contributed by atoms with van der Waals surface area (Å²) >= 11 is 0. The first-order valence-corrected chi connectivity index (χ1v) is 9.53. The SMILES string of the molecule is COc1ccc(CC(=O)N2CCC(c3cc(C(F)(F)F)n4ncnc4n3)CC2)cc1. The molecule has 0 aliphatic carbocycles. The number of aromatic nitrogens is 4. The zero-order chi connectivity index (χ0) is 21.3. The minimum absolute atomic E-state index is 0.00420. The molecule has 0 bridgehead atoms. The van der Waals surface area contributed by atoms with Crippen LogP contribution in [0.5, 0.6) is 5.75 Å². The van der Waals surface area contributed by atoms with Crippen LogP contribution in [0.2, 0.25) is 0 Å². The molecule has 0 saturated carbocycles. The summed E-state index contributed by atoms with van der Waals surface area (Å²) in [6, 6.07) is 8.35. The minimum atomic E-state index is -4.56. The number of fused-ring (bicyclic) bond motifs is 1. The third-order valence-corrected chi connectivity index (χ3v) is 5.34. The van der Waals surface area contributed by atoms with Crippen molar-refractivity contribution in [1.82, 2.24) is 24.5 Å². The molecule has 10 heteroatoms. The largest absolute Gasteiger partial charge is 0.497 e. The molecule has 3 heterocycles. The van der Waals surface area contributed by atoms with Gasteiger partial charge in [0.2, 0.25) is 5.91 Å². The number of halogens is 3. The third-order valence-electron chi connectivity index (χ3n) is 5.34. The highest BCUT2D eigenvalue weighted by atomic mass is 19.4. The van der Waals surface area contributed by atoms with Crippen molar-refractivity contribution in [2.45, 2.75) is 31.4 Å². The molecule has 1 saturated heterocycles. The minimum Gasteiger partial charge on any atom is -0.497 e. The van der Waals surface area contributed by atoms with Crippen LogP contribution < -0.4 is 4.74 Å². The number of likely N-dealkylation sites (tertiary alicyclic amines) is 1. The van der Waals surface area contributed by atoms with E-state index in [2.05, 4.69) is 15.1 Å². The van der Waals surface area contributed by atoms with Gasteiger partial charge in [-0.1, -0.05) is 12.1 Å². The van der Waals surface area contributed by atoms with Crippen LogP contribution in [0.25, 0.3) is 5.78 Å². The van der Waals surface area contributed by atoms with Crippen LogP contribution in [0.4, 0.5) is 13.2 Å². The average molecular weight is 419 g/mol. The van der Waals surface area contributed by atoms with E-state index in [0.717, 1.165) is 23.7 Å². The Kier molecular flexibility index (Phi) is 5.31. The van der Waals surface area contributed by atoms with Gasteiger partial charge in [-0.3, -0.25) is 4.79 Å². The van der Waals surface area contributed by atoms with E-state index in [1.807, 2.05) is 12.1 Å². The zero-order valence-corrected chi connectivity index (χ0v) is 16.3. The molecule has 1 aliphatic heterocycles. The highest BCUT2D eigenvalue weighted by Gasteiger charge is 2.36. The summed E-state index contributed by atoms with van der Waals surface area (Å²) in [4.78, 5) is 22.4. The molecule has 0 N–H and O–H groups in total. The van der Waals surface area contributed by atoms with E-state index in [1.54, 1.807) is 24.1 Å². The zero-order valence-electron chi connectivity index (χ0n) is 16.3. The maximum atomic E-state index is 13.4. The lowest BCUT2D eigenvalue weighted by Gasteiger charge is -2.32. The van der Waals surface area contributed by atoms with E-state index in [1.165, 1.54) is 0 Å². The van der Waals surface area contributed by atoms with Crippen LogP contribution >= 0.6 is 0 Å². The van der Waals surface area contributed by atoms with Crippen molar-refractivity contribution >= 4 is 11.7 Å². The predicted octanol–water partition coefficient (Wildman–Crippen LogP) is 3.10. The van der Waals surface area contributed by atoms with Crippen LogP contribution in [0.3, 0.4) is 0 Å². The molecule has 158 valence electrons. The fraction of sp³-hybridized carbons (Fsp3) is 0.400. The van der Waals surface area contributed by atoms with Gasteiger partial charge in [0.1, 0.15) is 12.1 Å². The van der Waals surface area contributed by atoms with E-state index in [9.17, 15) is 18.0 Å². The quantitative estimate of drug-likeness (QED) is 0.650. The maximum Gasteiger partial charge on any atom is 0.433 e. The van der Waals surface area contributed by atoms with Gasteiger partial charge in [0, 0.05) is 24.7 Å². The lowest BCUT2D eigenvalue weighted by molar-refractivity contribution is -0.142. The van der Waals surface area contributed by atoms with E-state index in [0.29, 0.717) is 36.1 Å². The Bertz CT molecular complexity index is 1040. The van der Waals surface area contributed by atoms with Crippen molar-refractivity contribution < 1.29 is 22.7 Å². The summed E-state index contributed by atoms with van der Waals surface area (Å²) in [6.45, 7) is 0.946. The number of ether oxygens (including phenoxy) is 1. The van der Waals surface area contributed by atoms with Crippen LogP contribution in [-0.2, 0) is 17.4 Å². The molecule has 3 aromatic rings. The number of benzene rings is 1. The fourth-order valence-electron chi connectivity index (χ4n) is 3.70. The topological polar surface area (TPSA) is 72.6 Å². The molecule has 1 fully saturated rings. The van der Waals surface area contributed by atoms with Gasteiger partial charge >= 0.3 is 6.18 Å². The number of carbonyl (C=O) groups is 1. The number of nitrogens with zero attached hydrogens (tertiary/aromatic N) is 5. The van der Waals surface area contributed by atoms with Gasteiger partial charge < -0.3 is 9.64 Å². The number of hydrogen-bond donors (Lipinski definition) is 0. The standard InChI is InChI=1S/C20H20F3N5O2/c1-30-15-4-2-13(3-5-15)10-18(29)27-8-6-14(7-9-27)16-11-17(20(21,22)23)28-19(26-16)24-12-25-28/h2-5,11-12,14H,6-10H2,1H3. The molecule has 4 rings (SSSR count). The molecule has 7 nitrogen and oxygen atoms in total. The number of rotatable bonds is 4. The van der Waals surface area contributed by atoms with Gasteiger partial charge in [-0.2, -0.15) is 27.8 Å². The Morgan fingerprint density at radius 1 is 1.20 bits per heavy atom. The molecular formula is C20H20F3N5O2. The van der Waals surface area contributed by atoms with Crippen molar-refractivity contribution in [3.8, 4) is 5.75 Å². The Balaban J connectivity index is 1.43. The van der Waals surface area contributed by atoms with E-state index < -0.39 is 11.9 Å². The highest BCUT2D eigenvalue weighted by molar-refractivity contribution is 5.79. The monoisotopic (exact) mass is 419 g/mol. The molecule has 0 radical (unpaired) electrons. The molecule has 1 amide bonds. The highest BCUT2D eigenvalue weighted by Crippen LogP contribution is 2.33. The fourth-order valence-corrected chi connectivity index (χ4v) is 3.70. The van der Waals surface area contributed by atoms with Crippen molar-refractivity contribution in [2.24, 2.45) is 0 Å². The van der Waals surface area contributed by atoms with Gasteiger partial charge in [0.15, 0.2) is 5.69 Å². The Labute approximate surface area is 170 Å². The third kappa shape index (κ3) is 4.07. The lowest BCUT2D eigenvalue weighted by atomic mass is 9.92.